The van der Waals surface area contributed by atoms with Crippen LogP contribution in [0.2, 0.25) is 0 Å². The molecule has 0 bridgehead atoms. The fraction of sp³-hybridized carbons (Fsp3) is 0.457. The first-order chi connectivity index (χ1) is 19.7. The quantitative estimate of drug-likeness (QED) is 0.350. The number of nitrogens with zero attached hydrogens (tertiary/aromatic N) is 3. The summed E-state index contributed by atoms with van der Waals surface area (Å²) in [6.45, 7) is 13.0. The number of phenols is 1. The highest BCUT2D eigenvalue weighted by Crippen LogP contribution is 2.35. The number of carbonyl (C=O) groups is 1. The third-order valence-corrected chi connectivity index (χ3v) is 9.20. The zero-order chi connectivity index (χ0) is 29.1. The van der Waals surface area contributed by atoms with Crippen molar-refractivity contribution in [2.24, 2.45) is 11.8 Å². The number of carbonyl (C=O) groups excluding carboxylic acids is 1. The van der Waals surface area contributed by atoms with Crippen molar-refractivity contribution in [3.63, 3.8) is 0 Å². The highest BCUT2D eigenvalue weighted by Gasteiger charge is 2.35. The number of aromatic hydroxyl groups is 1. The molecular weight excluding hydrogens is 513 g/mol. The fourth-order valence-electron chi connectivity index (χ4n) is 6.70. The van der Waals surface area contributed by atoms with Crippen LogP contribution in [0, 0.1) is 17.7 Å². The second-order valence-corrected chi connectivity index (χ2v) is 12.4. The molecule has 1 amide bonds. The molecule has 0 aliphatic carbocycles. The molecule has 5 nitrogen and oxygen atoms in total. The maximum atomic E-state index is 13.8. The van der Waals surface area contributed by atoms with Gasteiger partial charge in [0.2, 0.25) is 0 Å². The van der Waals surface area contributed by atoms with Gasteiger partial charge in [0.15, 0.2) is 0 Å². The van der Waals surface area contributed by atoms with Crippen LogP contribution in [0.1, 0.15) is 73.6 Å². The Hall–Kier alpha value is -3.22. The fourth-order valence-corrected chi connectivity index (χ4v) is 6.70. The van der Waals surface area contributed by atoms with Crippen molar-refractivity contribution in [1.82, 2.24) is 14.7 Å². The molecule has 2 aliphatic heterocycles. The van der Waals surface area contributed by atoms with E-state index in [4.69, 9.17) is 0 Å². The van der Waals surface area contributed by atoms with E-state index in [9.17, 15) is 14.3 Å². The molecule has 3 aromatic rings. The van der Waals surface area contributed by atoms with Crippen LogP contribution in [0.3, 0.4) is 0 Å². The molecule has 1 N–H and O–H groups in total. The van der Waals surface area contributed by atoms with Crippen LogP contribution in [-0.4, -0.2) is 64.0 Å². The molecular formula is C35H44FN3O2. The average molecular weight is 558 g/mol. The predicted molar refractivity (Wildman–Crippen MR) is 162 cm³/mol. The average Bonchev–Trinajstić information content (AvgIpc) is 2.96. The summed E-state index contributed by atoms with van der Waals surface area (Å²) in [5.74, 6) is 1.51. The molecule has 3 atom stereocenters. The van der Waals surface area contributed by atoms with Gasteiger partial charge in [-0.15, -0.1) is 0 Å². The Morgan fingerprint density at radius 3 is 2.27 bits per heavy atom. The maximum absolute atomic E-state index is 13.8. The van der Waals surface area contributed by atoms with Crippen LogP contribution in [-0.2, 0) is 6.54 Å². The van der Waals surface area contributed by atoms with Crippen molar-refractivity contribution in [1.29, 1.82) is 0 Å². The number of piperazine rings is 1. The Bertz CT molecular complexity index is 1320. The van der Waals surface area contributed by atoms with Crippen molar-refractivity contribution >= 4 is 5.91 Å². The zero-order valence-electron chi connectivity index (χ0n) is 24.8. The number of phenolic OH excluding ortho intramolecular Hbond substituents is 1. The molecule has 1 unspecified atom stereocenters. The summed E-state index contributed by atoms with van der Waals surface area (Å²) >= 11 is 0. The number of amides is 1. The smallest absolute Gasteiger partial charge is 0.253 e. The topological polar surface area (TPSA) is 47.0 Å². The Morgan fingerprint density at radius 2 is 1.61 bits per heavy atom. The monoisotopic (exact) mass is 557 g/mol. The van der Waals surface area contributed by atoms with E-state index in [1.165, 1.54) is 6.07 Å². The first-order valence-electron chi connectivity index (χ1n) is 15.1. The Kier molecular flexibility index (Phi) is 9.10. The molecule has 218 valence electrons. The van der Waals surface area contributed by atoms with Crippen molar-refractivity contribution in [3.05, 3.63) is 101 Å². The molecule has 0 saturated carbocycles. The minimum atomic E-state index is -0.201. The van der Waals surface area contributed by atoms with Crippen LogP contribution >= 0.6 is 0 Å². The van der Waals surface area contributed by atoms with E-state index in [-0.39, 0.29) is 35.6 Å². The van der Waals surface area contributed by atoms with E-state index < -0.39 is 0 Å². The molecule has 5 rings (SSSR count). The lowest BCUT2D eigenvalue weighted by Gasteiger charge is -2.47. The van der Waals surface area contributed by atoms with Gasteiger partial charge < -0.3 is 10.0 Å². The van der Waals surface area contributed by atoms with E-state index in [1.54, 1.807) is 18.2 Å². The molecule has 3 aromatic carbocycles. The zero-order valence-corrected chi connectivity index (χ0v) is 24.8. The van der Waals surface area contributed by atoms with Crippen molar-refractivity contribution < 1.29 is 14.3 Å². The van der Waals surface area contributed by atoms with Gasteiger partial charge in [-0.1, -0.05) is 50.2 Å². The van der Waals surface area contributed by atoms with Gasteiger partial charge in [0.25, 0.3) is 5.91 Å². The first-order valence-corrected chi connectivity index (χ1v) is 15.1. The SMILES string of the molecule is CC(C)C1CCN(C(=O)c2ccc(C(c3cccc(O)c3)N3C[C@@H](C)N(Cc4cccc(F)c4)C[C@@H]3C)cc2)CC1. The maximum Gasteiger partial charge on any atom is 0.253 e. The normalized spacial score (nSPS) is 21.8. The highest BCUT2D eigenvalue weighted by molar-refractivity contribution is 5.94. The summed E-state index contributed by atoms with van der Waals surface area (Å²) in [4.78, 5) is 20.2. The lowest BCUT2D eigenvalue weighted by atomic mass is 9.86. The number of hydrogen-bond acceptors (Lipinski definition) is 4. The molecule has 0 spiro atoms. The van der Waals surface area contributed by atoms with Crippen molar-refractivity contribution in [2.75, 3.05) is 26.2 Å². The van der Waals surface area contributed by atoms with Crippen molar-refractivity contribution in [2.45, 2.75) is 65.2 Å². The molecule has 41 heavy (non-hydrogen) atoms. The minimum Gasteiger partial charge on any atom is -0.508 e. The second kappa shape index (κ2) is 12.7. The van der Waals surface area contributed by atoms with Gasteiger partial charge in [-0.05, 0) is 91.6 Å². The van der Waals surface area contributed by atoms with Gasteiger partial charge >= 0.3 is 0 Å². The summed E-state index contributed by atoms with van der Waals surface area (Å²) in [5, 5.41) is 10.4. The third kappa shape index (κ3) is 6.82. The van der Waals surface area contributed by atoms with E-state index in [2.05, 4.69) is 55.7 Å². The van der Waals surface area contributed by atoms with Gasteiger partial charge in [0, 0.05) is 50.4 Å². The van der Waals surface area contributed by atoms with Crippen molar-refractivity contribution in [3.8, 4) is 5.75 Å². The molecule has 0 aromatic heterocycles. The lowest BCUT2D eigenvalue weighted by molar-refractivity contribution is 0.0194. The largest absolute Gasteiger partial charge is 0.508 e. The Labute approximate surface area is 244 Å². The van der Waals surface area contributed by atoms with E-state index >= 15 is 0 Å². The molecule has 2 aliphatic rings. The van der Waals surface area contributed by atoms with Gasteiger partial charge in [0.05, 0.1) is 6.04 Å². The number of halogens is 1. The summed E-state index contributed by atoms with van der Waals surface area (Å²) in [7, 11) is 0. The van der Waals surface area contributed by atoms with E-state index in [1.807, 2.05) is 35.2 Å². The van der Waals surface area contributed by atoms with Crippen LogP contribution in [0.4, 0.5) is 4.39 Å². The van der Waals surface area contributed by atoms with E-state index in [0.29, 0.717) is 18.4 Å². The van der Waals surface area contributed by atoms with Crippen LogP contribution in [0.15, 0.2) is 72.8 Å². The van der Waals surface area contributed by atoms with Gasteiger partial charge in [0.1, 0.15) is 11.6 Å². The summed E-state index contributed by atoms with van der Waals surface area (Å²) in [6.07, 6.45) is 2.14. The Balaban J connectivity index is 1.35. The molecule has 2 saturated heterocycles. The van der Waals surface area contributed by atoms with E-state index in [0.717, 1.165) is 61.3 Å². The second-order valence-electron chi connectivity index (χ2n) is 12.4. The molecule has 0 radical (unpaired) electrons. The lowest BCUT2D eigenvalue weighted by Crippen LogP contribution is -2.56. The van der Waals surface area contributed by atoms with Gasteiger partial charge in [-0.25, -0.2) is 4.39 Å². The Morgan fingerprint density at radius 1 is 0.902 bits per heavy atom. The minimum absolute atomic E-state index is 0.0678. The summed E-state index contributed by atoms with van der Waals surface area (Å²) in [6, 6.07) is 22.9. The van der Waals surface area contributed by atoms with Gasteiger partial charge in [-0.3, -0.25) is 14.6 Å². The van der Waals surface area contributed by atoms with Crippen LogP contribution in [0.5, 0.6) is 5.75 Å². The number of likely N-dealkylation sites (tertiary alicyclic amines) is 1. The standard InChI is InChI=1S/C35H44FN3O2/c1-24(2)28-15-17-37(18-16-28)35(41)30-13-11-29(12-14-30)34(31-8-6-10-33(40)20-31)39-22-25(3)38(21-26(39)4)23-27-7-5-9-32(36)19-27/h5-14,19-20,24-26,28,34,40H,15-18,21-23H2,1-4H3/t25-,26+,34?/m1/s1. The van der Waals surface area contributed by atoms with Crippen LogP contribution < -0.4 is 0 Å². The highest BCUT2D eigenvalue weighted by atomic mass is 19.1. The van der Waals surface area contributed by atoms with Gasteiger partial charge in [-0.2, -0.15) is 0 Å². The third-order valence-electron chi connectivity index (χ3n) is 9.20. The summed E-state index contributed by atoms with van der Waals surface area (Å²) in [5.41, 5.74) is 3.84. The number of hydrogen-bond donors (Lipinski definition) is 1. The first kappa shape index (κ1) is 29.3. The van der Waals surface area contributed by atoms with Crippen LogP contribution in [0.25, 0.3) is 0 Å². The molecule has 2 heterocycles. The number of rotatable bonds is 7. The summed E-state index contributed by atoms with van der Waals surface area (Å²) < 4.78 is 13.8. The number of piperidine rings is 1. The molecule has 6 heteroatoms. The molecule has 2 fully saturated rings. The predicted octanol–water partition coefficient (Wildman–Crippen LogP) is 6.72. The number of benzene rings is 3.